The standard InChI is InChI=1S/C6H16Si/c1-5-6-7(2,3)4/h5-6H2,1-4H3/i1D3,5D2,6D2. The predicted molar refractivity (Wildman–Crippen MR) is 38.4 cm³/mol. The first-order valence-corrected chi connectivity index (χ1v) is 5.75. The molecule has 0 aliphatic heterocycles. The van der Waals surface area contributed by atoms with E-state index in [9.17, 15) is 0 Å². The Bertz CT molecular complexity index is 187. The highest BCUT2D eigenvalue weighted by molar-refractivity contribution is 6.76. The van der Waals surface area contributed by atoms with Gasteiger partial charge < -0.3 is 0 Å². The molecule has 1 heteroatoms. The van der Waals surface area contributed by atoms with Gasteiger partial charge in [0.25, 0.3) is 0 Å². The zero-order valence-electron chi connectivity index (χ0n) is 12.0. The Morgan fingerprint density at radius 1 is 1.57 bits per heavy atom. The predicted octanol–water partition coefficient (Wildman–Crippen LogP) is 2.73. The molecule has 0 aromatic heterocycles. The molecular weight excluding hydrogens is 100 g/mol. The Balaban J connectivity index is 5.30. The van der Waals surface area contributed by atoms with Crippen molar-refractivity contribution in [1.29, 1.82) is 0 Å². The third-order valence-corrected chi connectivity index (χ3v) is 1.31. The molecule has 0 N–H and O–H groups in total. The van der Waals surface area contributed by atoms with E-state index in [1.165, 1.54) is 0 Å². The van der Waals surface area contributed by atoms with Gasteiger partial charge in [-0.05, 0) is 0 Å². The van der Waals surface area contributed by atoms with Gasteiger partial charge >= 0.3 is 0 Å². The van der Waals surface area contributed by atoms with Crippen molar-refractivity contribution in [3.63, 3.8) is 0 Å². The average Bonchev–Trinajstić information content (AvgIpc) is 1.81. The summed E-state index contributed by atoms with van der Waals surface area (Å²) in [6.45, 7) is 1.94. The second-order valence-electron chi connectivity index (χ2n) is 2.50. The third kappa shape index (κ3) is 6.22. The van der Waals surface area contributed by atoms with Gasteiger partial charge in [0, 0.05) is 17.7 Å². The molecule has 44 valence electrons. The molecule has 0 rings (SSSR count). The highest BCUT2D eigenvalue weighted by Gasteiger charge is 2.09. The maximum atomic E-state index is 7.63. The first-order valence-electron chi connectivity index (χ1n) is 5.75. The lowest BCUT2D eigenvalue weighted by molar-refractivity contribution is 1.05. The van der Waals surface area contributed by atoms with Gasteiger partial charge in [0.05, 0.1) is 0 Å². The minimum Gasteiger partial charge on any atom is -0.0695 e. The van der Waals surface area contributed by atoms with Crippen LogP contribution in [0.1, 0.15) is 22.8 Å². The molecular formula is C6H16Si. The molecule has 0 nitrogen and oxygen atoms in total. The summed E-state index contributed by atoms with van der Waals surface area (Å²) in [4.78, 5) is 0. The smallest absolute Gasteiger partial charge is 0.0442 e. The largest absolute Gasteiger partial charge is 0.0695 e. The zero-order chi connectivity index (χ0) is 12.0. The van der Waals surface area contributed by atoms with E-state index < -0.39 is 27.3 Å². The second-order valence-corrected chi connectivity index (χ2v) is 7.25. The van der Waals surface area contributed by atoms with Crippen LogP contribution in [-0.4, -0.2) is 8.07 Å². The van der Waals surface area contributed by atoms with E-state index in [-0.39, 0.29) is 0 Å². The summed E-state index contributed by atoms with van der Waals surface area (Å²) >= 11 is 0. The topological polar surface area (TPSA) is 0 Å². The number of hydrogen-bond donors (Lipinski definition) is 0. The molecule has 0 aromatic carbocycles. The second kappa shape index (κ2) is 2.51. The minimum atomic E-state index is -2.92. The Labute approximate surface area is 57.8 Å². The van der Waals surface area contributed by atoms with Gasteiger partial charge in [-0.1, -0.05) is 38.9 Å². The maximum Gasteiger partial charge on any atom is 0.0442 e. The van der Waals surface area contributed by atoms with E-state index in [0.717, 1.165) is 0 Å². The summed E-state index contributed by atoms with van der Waals surface area (Å²) in [6, 6.07) is 0. The van der Waals surface area contributed by atoms with E-state index in [1.54, 1.807) is 19.6 Å². The highest BCUT2D eigenvalue weighted by Crippen LogP contribution is 2.09. The SMILES string of the molecule is [2H]C([2H])([2H])C([2H])([2H])C([2H])([2H])[Si](C)(C)C. The first kappa shape index (κ1) is 1.60. The molecule has 0 unspecified atom stereocenters. The fraction of sp³-hybridized carbons (Fsp3) is 1.00. The molecule has 0 amide bonds. The molecule has 0 radical (unpaired) electrons. The average molecular weight is 123 g/mol. The molecule has 0 saturated carbocycles. The van der Waals surface area contributed by atoms with Crippen molar-refractivity contribution in [2.24, 2.45) is 0 Å². The highest BCUT2D eigenvalue weighted by atomic mass is 28.3. The molecule has 0 spiro atoms. The van der Waals surface area contributed by atoms with Crippen LogP contribution < -0.4 is 0 Å². The summed E-state index contributed by atoms with van der Waals surface area (Å²) in [5.41, 5.74) is 0. The van der Waals surface area contributed by atoms with Crippen LogP contribution in [0.3, 0.4) is 0 Å². The molecule has 0 aliphatic carbocycles. The molecule has 0 aromatic rings. The van der Waals surface area contributed by atoms with Gasteiger partial charge in [-0.15, -0.1) is 0 Å². The van der Waals surface area contributed by atoms with Gasteiger partial charge in [-0.25, -0.2) is 0 Å². The van der Waals surface area contributed by atoms with Gasteiger partial charge in [0.1, 0.15) is 0 Å². The van der Waals surface area contributed by atoms with Gasteiger partial charge in [-0.3, -0.25) is 0 Å². The lowest BCUT2D eigenvalue weighted by Crippen LogP contribution is -2.17. The van der Waals surface area contributed by atoms with Gasteiger partial charge in [0.2, 0.25) is 0 Å². The van der Waals surface area contributed by atoms with Crippen LogP contribution in [0, 0.1) is 0 Å². The van der Waals surface area contributed by atoms with Crippen molar-refractivity contribution in [2.45, 2.75) is 38.9 Å². The van der Waals surface area contributed by atoms with Crippen LogP contribution in [-0.2, 0) is 0 Å². The van der Waals surface area contributed by atoms with Crippen LogP contribution >= 0.6 is 0 Å². The van der Waals surface area contributed by atoms with Crippen molar-refractivity contribution in [3.05, 3.63) is 0 Å². The van der Waals surface area contributed by atoms with E-state index in [0.29, 0.717) is 0 Å². The summed E-state index contributed by atoms with van der Waals surface area (Å²) in [7, 11) is -2.53. The molecule has 0 heterocycles. The van der Waals surface area contributed by atoms with Crippen molar-refractivity contribution >= 4 is 8.07 Å². The quantitative estimate of drug-likeness (QED) is 0.495. The monoisotopic (exact) mass is 123 g/mol. The van der Waals surface area contributed by atoms with Crippen molar-refractivity contribution in [2.75, 3.05) is 0 Å². The molecule has 0 saturated heterocycles. The molecule has 7 heavy (non-hydrogen) atoms. The summed E-state index contributed by atoms with van der Waals surface area (Å²) in [5, 5.41) is 0. The Morgan fingerprint density at radius 2 is 2.14 bits per heavy atom. The van der Waals surface area contributed by atoms with E-state index in [4.69, 9.17) is 9.60 Å². The van der Waals surface area contributed by atoms with Crippen LogP contribution in [0.4, 0.5) is 0 Å². The summed E-state index contributed by atoms with van der Waals surface area (Å²) in [5.74, 6) is -2.27. The van der Waals surface area contributed by atoms with Crippen LogP contribution in [0.5, 0.6) is 0 Å². The zero-order valence-corrected chi connectivity index (χ0v) is 6.00. The molecule has 0 aliphatic rings. The molecule has 0 atom stereocenters. The lowest BCUT2D eigenvalue weighted by Gasteiger charge is -2.12. The van der Waals surface area contributed by atoms with Crippen LogP contribution in [0.2, 0.25) is 25.6 Å². The van der Waals surface area contributed by atoms with E-state index in [2.05, 4.69) is 0 Å². The number of hydrogen-bond acceptors (Lipinski definition) is 0. The fourth-order valence-electron chi connectivity index (χ4n) is 0.188. The number of rotatable bonds is 2. The summed E-state index contributed by atoms with van der Waals surface area (Å²) < 4.78 is 51.1. The van der Waals surface area contributed by atoms with Crippen molar-refractivity contribution in [3.8, 4) is 0 Å². The third-order valence-electron chi connectivity index (χ3n) is 0.438. The summed E-state index contributed by atoms with van der Waals surface area (Å²) in [6.07, 6.45) is -2.79. The Hall–Kier alpha value is 0.217. The van der Waals surface area contributed by atoms with Crippen molar-refractivity contribution in [1.82, 2.24) is 0 Å². The van der Waals surface area contributed by atoms with E-state index >= 15 is 0 Å². The molecule has 0 fully saturated rings. The first-order chi connectivity index (χ1) is 5.75. The molecule has 0 bridgehead atoms. The van der Waals surface area contributed by atoms with Gasteiger partial charge in [0.15, 0.2) is 0 Å². The van der Waals surface area contributed by atoms with Crippen LogP contribution in [0.25, 0.3) is 0 Å². The lowest BCUT2D eigenvalue weighted by atomic mass is 10.6. The van der Waals surface area contributed by atoms with Crippen LogP contribution in [0.15, 0.2) is 0 Å². The minimum absolute atomic E-state index is 1.62. The Morgan fingerprint density at radius 3 is 2.29 bits per heavy atom. The fourth-order valence-corrected chi connectivity index (χ4v) is 0.562. The normalized spacial score (nSPS) is 32.7. The van der Waals surface area contributed by atoms with Crippen molar-refractivity contribution < 1.29 is 9.60 Å². The van der Waals surface area contributed by atoms with Gasteiger partial charge in [-0.2, -0.15) is 0 Å². The maximum absolute atomic E-state index is 7.63. The Kier molecular flexibility index (Phi) is 0.572. The van der Waals surface area contributed by atoms with E-state index in [1.807, 2.05) is 0 Å².